The monoisotopic (exact) mass is 221 g/mol. The van der Waals surface area contributed by atoms with E-state index >= 15 is 0 Å². The van der Waals surface area contributed by atoms with Crippen LogP contribution in [0, 0.1) is 11.6 Å². The lowest BCUT2D eigenvalue weighted by Crippen LogP contribution is -2.23. The maximum Gasteiger partial charge on any atom is 0.325 e. The molecule has 76 valence electrons. The molecule has 0 unspecified atom stereocenters. The lowest BCUT2D eigenvalue weighted by atomic mass is 10.1. The maximum atomic E-state index is 13.1. The number of benzene rings is 1. The molecule has 0 bridgehead atoms. The van der Waals surface area contributed by atoms with Gasteiger partial charge in [-0.25, -0.2) is 8.78 Å². The van der Waals surface area contributed by atoms with Gasteiger partial charge in [-0.15, -0.1) is 0 Å². The lowest BCUT2D eigenvalue weighted by molar-refractivity contribution is -0.138. The number of hydrogen-bond donors (Lipinski definition) is 2. The van der Waals surface area contributed by atoms with Crippen molar-refractivity contribution in [3.63, 3.8) is 0 Å². The average molecular weight is 222 g/mol. The Balaban J connectivity index is 3.27. The molecule has 14 heavy (non-hydrogen) atoms. The summed E-state index contributed by atoms with van der Waals surface area (Å²) in [6, 6.07) is -0.113. The predicted octanol–water partition coefficient (Wildman–Crippen LogP) is 1.70. The molecular formula is C8H6ClF2NO2. The standard InChI is InChI=1S/C8H6ClF2NO2/c9-3-1-4(10)6(5(11)2-3)7(12)8(13)14/h1-2,7H,12H2,(H,13,14)/t7-/m1/s1. The minimum absolute atomic E-state index is 0.152. The summed E-state index contributed by atoms with van der Waals surface area (Å²) in [4.78, 5) is 10.4. The van der Waals surface area contributed by atoms with Crippen LogP contribution in [0.15, 0.2) is 12.1 Å². The molecule has 1 rings (SSSR count). The highest BCUT2D eigenvalue weighted by atomic mass is 35.5. The summed E-state index contributed by atoms with van der Waals surface area (Å²) in [6.45, 7) is 0. The number of carbonyl (C=O) groups is 1. The highest BCUT2D eigenvalue weighted by molar-refractivity contribution is 6.30. The van der Waals surface area contributed by atoms with E-state index in [2.05, 4.69) is 0 Å². The fourth-order valence-electron chi connectivity index (χ4n) is 0.974. The number of aliphatic carboxylic acids is 1. The third-order valence-corrected chi connectivity index (χ3v) is 1.84. The average Bonchev–Trinajstić information content (AvgIpc) is 2.01. The molecule has 3 nitrogen and oxygen atoms in total. The van der Waals surface area contributed by atoms with Crippen LogP contribution in [0.25, 0.3) is 0 Å². The first-order valence-corrected chi connectivity index (χ1v) is 3.94. The topological polar surface area (TPSA) is 63.3 Å². The zero-order valence-electron chi connectivity index (χ0n) is 6.80. The molecule has 1 atom stereocenters. The third-order valence-electron chi connectivity index (χ3n) is 1.62. The van der Waals surface area contributed by atoms with E-state index in [9.17, 15) is 13.6 Å². The molecule has 0 aromatic heterocycles. The highest BCUT2D eigenvalue weighted by Crippen LogP contribution is 2.23. The molecule has 0 aliphatic heterocycles. The van der Waals surface area contributed by atoms with Crippen molar-refractivity contribution >= 4 is 17.6 Å². The van der Waals surface area contributed by atoms with Gasteiger partial charge >= 0.3 is 5.97 Å². The molecule has 6 heteroatoms. The first kappa shape index (κ1) is 10.9. The Labute approximate surface area is 83.1 Å². The van der Waals surface area contributed by atoms with Gasteiger partial charge in [-0.1, -0.05) is 11.6 Å². The Morgan fingerprint density at radius 1 is 1.43 bits per heavy atom. The van der Waals surface area contributed by atoms with Gasteiger partial charge in [0.05, 0.1) is 5.56 Å². The summed E-state index contributed by atoms with van der Waals surface area (Å²) < 4.78 is 26.1. The molecular weight excluding hydrogens is 216 g/mol. The molecule has 0 saturated carbocycles. The second-order valence-corrected chi connectivity index (χ2v) is 3.04. The van der Waals surface area contributed by atoms with E-state index in [0.29, 0.717) is 0 Å². The predicted molar refractivity (Wildman–Crippen MR) is 45.9 cm³/mol. The molecule has 0 fully saturated rings. The van der Waals surface area contributed by atoms with Crippen LogP contribution in [0.5, 0.6) is 0 Å². The van der Waals surface area contributed by atoms with E-state index in [4.69, 9.17) is 22.4 Å². The summed E-state index contributed by atoms with van der Waals surface area (Å²) in [5.41, 5.74) is 4.37. The van der Waals surface area contributed by atoms with Crippen LogP contribution in [0.1, 0.15) is 11.6 Å². The van der Waals surface area contributed by atoms with Gasteiger partial charge < -0.3 is 10.8 Å². The summed E-state index contributed by atoms with van der Waals surface area (Å²) in [5.74, 6) is -3.64. The number of carboxylic acids is 1. The van der Waals surface area contributed by atoms with Crippen molar-refractivity contribution in [1.82, 2.24) is 0 Å². The molecule has 3 N–H and O–H groups in total. The summed E-state index contributed by atoms with van der Waals surface area (Å²) in [7, 11) is 0. The molecule has 0 aliphatic carbocycles. The quantitative estimate of drug-likeness (QED) is 0.799. The SMILES string of the molecule is N[C@@H](C(=O)O)c1c(F)cc(Cl)cc1F. The summed E-state index contributed by atoms with van der Waals surface area (Å²) >= 11 is 5.34. The lowest BCUT2D eigenvalue weighted by Gasteiger charge is -2.09. The van der Waals surface area contributed by atoms with E-state index in [1.54, 1.807) is 0 Å². The van der Waals surface area contributed by atoms with E-state index in [1.165, 1.54) is 0 Å². The number of hydrogen-bond acceptors (Lipinski definition) is 2. The Bertz CT molecular complexity index is 361. The van der Waals surface area contributed by atoms with Crippen LogP contribution in [0.3, 0.4) is 0 Å². The van der Waals surface area contributed by atoms with Crippen LogP contribution >= 0.6 is 11.6 Å². The van der Waals surface area contributed by atoms with Gasteiger partial charge in [0, 0.05) is 5.02 Å². The third kappa shape index (κ3) is 2.00. The Morgan fingerprint density at radius 2 is 1.86 bits per heavy atom. The number of nitrogens with two attached hydrogens (primary N) is 1. The van der Waals surface area contributed by atoms with E-state index < -0.39 is 29.2 Å². The fraction of sp³-hybridized carbons (Fsp3) is 0.125. The van der Waals surface area contributed by atoms with Crippen molar-refractivity contribution in [3.8, 4) is 0 Å². The Kier molecular flexibility index (Phi) is 3.03. The molecule has 0 saturated heterocycles. The Hall–Kier alpha value is -1.20. The van der Waals surface area contributed by atoms with Crippen LogP contribution in [-0.4, -0.2) is 11.1 Å². The first-order valence-electron chi connectivity index (χ1n) is 3.56. The van der Waals surface area contributed by atoms with Crippen molar-refractivity contribution in [2.24, 2.45) is 5.73 Å². The summed E-state index contributed by atoms with van der Waals surface area (Å²) in [6.07, 6.45) is 0. The van der Waals surface area contributed by atoms with E-state index in [1.807, 2.05) is 0 Å². The fourth-order valence-corrected chi connectivity index (χ4v) is 1.17. The minimum Gasteiger partial charge on any atom is -0.480 e. The van der Waals surface area contributed by atoms with Crippen molar-refractivity contribution in [3.05, 3.63) is 34.4 Å². The van der Waals surface area contributed by atoms with Gasteiger partial charge in [-0.2, -0.15) is 0 Å². The van der Waals surface area contributed by atoms with Gasteiger partial charge in [0.15, 0.2) is 0 Å². The Morgan fingerprint density at radius 3 is 2.21 bits per heavy atom. The van der Waals surface area contributed by atoms with Gasteiger partial charge in [-0.05, 0) is 12.1 Å². The van der Waals surface area contributed by atoms with Crippen molar-refractivity contribution in [2.45, 2.75) is 6.04 Å². The van der Waals surface area contributed by atoms with Crippen LogP contribution in [-0.2, 0) is 4.79 Å². The van der Waals surface area contributed by atoms with Crippen LogP contribution in [0.4, 0.5) is 8.78 Å². The molecule has 0 aliphatic rings. The molecule has 0 spiro atoms. The first-order chi connectivity index (χ1) is 6.43. The smallest absolute Gasteiger partial charge is 0.325 e. The zero-order valence-corrected chi connectivity index (χ0v) is 7.55. The number of rotatable bonds is 2. The second kappa shape index (κ2) is 3.89. The maximum absolute atomic E-state index is 13.1. The minimum atomic E-state index is -1.73. The molecule has 0 amide bonds. The van der Waals surface area contributed by atoms with E-state index in [0.717, 1.165) is 12.1 Å². The molecule has 0 heterocycles. The zero-order chi connectivity index (χ0) is 10.9. The molecule has 0 radical (unpaired) electrons. The molecule has 1 aromatic rings. The van der Waals surface area contributed by atoms with Crippen LogP contribution < -0.4 is 5.73 Å². The van der Waals surface area contributed by atoms with Gasteiger partial charge in [-0.3, -0.25) is 4.79 Å². The highest BCUT2D eigenvalue weighted by Gasteiger charge is 2.23. The summed E-state index contributed by atoms with van der Waals surface area (Å²) in [5, 5.41) is 8.31. The van der Waals surface area contributed by atoms with Crippen LogP contribution in [0.2, 0.25) is 5.02 Å². The normalized spacial score (nSPS) is 12.6. The van der Waals surface area contributed by atoms with Crippen molar-refractivity contribution < 1.29 is 18.7 Å². The largest absolute Gasteiger partial charge is 0.480 e. The van der Waals surface area contributed by atoms with Gasteiger partial charge in [0.25, 0.3) is 0 Å². The number of carboxylic acid groups (broad SMARTS) is 1. The van der Waals surface area contributed by atoms with Gasteiger partial charge in [0.2, 0.25) is 0 Å². The van der Waals surface area contributed by atoms with Crippen molar-refractivity contribution in [1.29, 1.82) is 0 Å². The second-order valence-electron chi connectivity index (χ2n) is 2.60. The van der Waals surface area contributed by atoms with E-state index in [-0.39, 0.29) is 5.02 Å². The van der Waals surface area contributed by atoms with Crippen molar-refractivity contribution in [2.75, 3.05) is 0 Å². The molecule has 1 aromatic carbocycles. The number of halogens is 3. The van der Waals surface area contributed by atoms with Gasteiger partial charge in [0.1, 0.15) is 17.7 Å².